The second-order valence-electron chi connectivity index (χ2n) is 4.81. The fourth-order valence-electron chi connectivity index (χ4n) is 2.15. The molecule has 0 radical (unpaired) electrons. The van der Waals surface area contributed by atoms with Crippen molar-refractivity contribution in [2.24, 2.45) is 0 Å². The highest BCUT2D eigenvalue weighted by molar-refractivity contribution is 5.44. The molecule has 0 spiro atoms. The minimum absolute atomic E-state index is 0.655. The Bertz CT molecular complexity index is 576. The summed E-state index contributed by atoms with van der Waals surface area (Å²) in [5.41, 5.74) is 4.67. The molecule has 1 aromatic carbocycles. The number of methoxy groups -OCH3 is 1. The molecule has 1 unspecified atom stereocenters. The van der Waals surface area contributed by atoms with E-state index in [1.54, 1.807) is 13.3 Å². The number of aromatic nitrogens is 1. The van der Waals surface area contributed by atoms with Gasteiger partial charge >= 0.3 is 0 Å². The normalized spacial score (nSPS) is 12.3. The summed E-state index contributed by atoms with van der Waals surface area (Å²) >= 11 is 0. The van der Waals surface area contributed by atoms with Gasteiger partial charge in [0.15, 0.2) is 0 Å². The molecule has 1 aromatic heterocycles. The molecule has 3 nitrogen and oxygen atoms in total. The van der Waals surface area contributed by atoms with Gasteiger partial charge in [0.05, 0.1) is 7.11 Å². The summed E-state index contributed by atoms with van der Waals surface area (Å²) in [6.07, 6.45) is 1.07. The van der Waals surface area contributed by atoms with E-state index in [1.807, 2.05) is 45.0 Å². The lowest BCUT2D eigenvalue weighted by Gasteiger charge is -2.16. The third-order valence-corrected chi connectivity index (χ3v) is 3.33. The highest BCUT2D eigenvalue weighted by Crippen LogP contribution is 2.29. The summed E-state index contributed by atoms with van der Waals surface area (Å²) in [6, 6.07) is 7.74. The fourth-order valence-corrected chi connectivity index (χ4v) is 2.15. The number of pyridine rings is 1. The molecule has 0 aliphatic carbocycles. The summed E-state index contributed by atoms with van der Waals surface area (Å²) in [5.74, 6) is 0.843. The number of aryl methyl sites for hydroxylation is 3. The van der Waals surface area contributed by atoms with Crippen LogP contribution in [0, 0.1) is 20.8 Å². The van der Waals surface area contributed by atoms with E-state index in [0.29, 0.717) is 0 Å². The standard InChI is InChI=1S/C16H19NO2/c1-10-8-15(19-4)11(2)7-14(10)16(18)13-6-5-12(3)17-9-13/h5-9,16,18H,1-4H3. The number of ether oxygens (including phenoxy) is 1. The number of nitrogens with zero attached hydrogens (tertiary/aromatic N) is 1. The van der Waals surface area contributed by atoms with E-state index in [4.69, 9.17) is 4.74 Å². The molecule has 1 atom stereocenters. The van der Waals surface area contributed by atoms with Crippen molar-refractivity contribution in [3.63, 3.8) is 0 Å². The van der Waals surface area contributed by atoms with Crippen molar-refractivity contribution in [3.8, 4) is 5.75 Å². The average molecular weight is 257 g/mol. The van der Waals surface area contributed by atoms with E-state index in [2.05, 4.69) is 4.98 Å². The summed E-state index contributed by atoms with van der Waals surface area (Å²) in [6.45, 7) is 5.88. The van der Waals surface area contributed by atoms with Gasteiger partial charge in [0, 0.05) is 17.5 Å². The van der Waals surface area contributed by atoms with Crippen LogP contribution in [0.3, 0.4) is 0 Å². The number of rotatable bonds is 3. The van der Waals surface area contributed by atoms with Crippen molar-refractivity contribution >= 4 is 0 Å². The van der Waals surface area contributed by atoms with Crippen LogP contribution in [0.5, 0.6) is 5.75 Å². The zero-order valence-electron chi connectivity index (χ0n) is 11.8. The molecule has 0 aliphatic heterocycles. The smallest absolute Gasteiger partial charge is 0.122 e. The van der Waals surface area contributed by atoms with Crippen molar-refractivity contribution in [1.29, 1.82) is 0 Å². The quantitative estimate of drug-likeness (QED) is 0.918. The minimum Gasteiger partial charge on any atom is -0.496 e. The molecule has 0 saturated heterocycles. The van der Waals surface area contributed by atoms with Crippen molar-refractivity contribution in [2.45, 2.75) is 26.9 Å². The van der Waals surface area contributed by atoms with Crippen LogP contribution in [0.2, 0.25) is 0 Å². The summed E-state index contributed by atoms with van der Waals surface area (Å²) in [4.78, 5) is 4.23. The molecule has 19 heavy (non-hydrogen) atoms. The van der Waals surface area contributed by atoms with Crippen LogP contribution < -0.4 is 4.74 Å². The maximum atomic E-state index is 10.5. The molecule has 3 heteroatoms. The molecule has 2 rings (SSSR count). The van der Waals surface area contributed by atoms with Crippen LogP contribution in [0.15, 0.2) is 30.5 Å². The number of hydrogen-bond acceptors (Lipinski definition) is 3. The van der Waals surface area contributed by atoms with E-state index in [-0.39, 0.29) is 0 Å². The number of aliphatic hydroxyl groups is 1. The average Bonchev–Trinajstić information content (AvgIpc) is 2.41. The molecule has 0 saturated carbocycles. The van der Waals surface area contributed by atoms with Gasteiger partial charge in [-0.05, 0) is 55.7 Å². The van der Waals surface area contributed by atoms with Crippen LogP contribution in [0.4, 0.5) is 0 Å². The molecule has 2 aromatic rings. The summed E-state index contributed by atoms with van der Waals surface area (Å²) in [5, 5.41) is 10.5. The predicted octanol–water partition coefficient (Wildman–Crippen LogP) is 3.10. The second-order valence-corrected chi connectivity index (χ2v) is 4.81. The van der Waals surface area contributed by atoms with Gasteiger partial charge in [-0.15, -0.1) is 0 Å². The third kappa shape index (κ3) is 2.76. The number of benzene rings is 1. The van der Waals surface area contributed by atoms with E-state index < -0.39 is 6.10 Å². The molecule has 0 aliphatic rings. The third-order valence-electron chi connectivity index (χ3n) is 3.33. The van der Waals surface area contributed by atoms with Crippen molar-refractivity contribution in [1.82, 2.24) is 4.98 Å². The predicted molar refractivity (Wildman–Crippen MR) is 75.5 cm³/mol. The highest BCUT2D eigenvalue weighted by Gasteiger charge is 2.15. The van der Waals surface area contributed by atoms with E-state index >= 15 is 0 Å². The number of aliphatic hydroxyl groups excluding tert-OH is 1. The molecular formula is C16H19NO2. The van der Waals surface area contributed by atoms with E-state index in [9.17, 15) is 5.11 Å². The first-order chi connectivity index (χ1) is 9.02. The molecular weight excluding hydrogens is 238 g/mol. The van der Waals surface area contributed by atoms with Gasteiger partial charge in [-0.1, -0.05) is 6.07 Å². The second kappa shape index (κ2) is 5.41. The van der Waals surface area contributed by atoms with Crippen molar-refractivity contribution < 1.29 is 9.84 Å². The molecule has 1 heterocycles. The van der Waals surface area contributed by atoms with E-state index in [0.717, 1.165) is 33.7 Å². The van der Waals surface area contributed by atoms with Gasteiger partial charge in [0.2, 0.25) is 0 Å². The Hall–Kier alpha value is -1.87. The summed E-state index contributed by atoms with van der Waals surface area (Å²) in [7, 11) is 1.65. The zero-order chi connectivity index (χ0) is 14.0. The zero-order valence-corrected chi connectivity index (χ0v) is 11.8. The maximum absolute atomic E-state index is 10.5. The van der Waals surface area contributed by atoms with Crippen molar-refractivity contribution in [3.05, 3.63) is 58.4 Å². The highest BCUT2D eigenvalue weighted by atomic mass is 16.5. The lowest BCUT2D eigenvalue weighted by Crippen LogP contribution is -2.04. The van der Waals surface area contributed by atoms with Crippen LogP contribution in [0.25, 0.3) is 0 Å². The van der Waals surface area contributed by atoms with Crippen LogP contribution in [-0.4, -0.2) is 17.2 Å². The monoisotopic (exact) mass is 257 g/mol. The first-order valence-corrected chi connectivity index (χ1v) is 6.28. The summed E-state index contributed by atoms with van der Waals surface area (Å²) < 4.78 is 5.29. The minimum atomic E-state index is -0.655. The Labute approximate surface area is 113 Å². The topological polar surface area (TPSA) is 42.4 Å². The Morgan fingerprint density at radius 2 is 1.84 bits per heavy atom. The van der Waals surface area contributed by atoms with Gasteiger partial charge < -0.3 is 9.84 Å². The largest absolute Gasteiger partial charge is 0.496 e. The Morgan fingerprint density at radius 3 is 2.42 bits per heavy atom. The van der Waals surface area contributed by atoms with Gasteiger partial charge in [0.1, 0.15) is 11.9 Å². The van der Waals surface area contributed by atoms with Crippen LogP contribution in [0.1, 0.15) is 34.1 Å². The number of hydrogen-bond donors (Lipinski definition) is 1. The molecule has 0 amide bonds. The first kappa shape index (κ1) is 13.6. The van der Waals surface area contributed by atoms with Crippen LogP contribution in [-0.2, 0) is 0 Å². The lowest BCUT2D eigenvalue weighted by atomic mass is 9.96. The van der Waals surface area contributed by atoms with E-state index in [1.165, 1.54) is 0 Å². The SMILES string of the molecule is COc1cc(C)c(C(O)c2ccc(C)nc2)cc1C. The van der Waals surface area contributed by atoms with Gasteiger partial charge in [0.25, 0.3) is 0 Å². The molecule has 0 bridgehead atoms. The lowest BCUT2D eigenvalue weighted by molar-refractivity contribution is 0.219. The van der Waals surface area contributed by atoms with Gasteiger partial charge in [-0.3, -0.25) is 4.98 Å². The van der Waals surface area contributed by atoms with Gasteiger partial charge in [-0.25, -0.2) is 0 Å². The van der Waals surface area contributed by atoms with Crippen molar-refractivity contribution in [2.75, 3.05) is 7.11 Å². The molecule has 100 valence electrons. The first-order valence-electron chi connectivity index (χ1n) is 6.28. The molecule has 0 fully saturated rings. The van der Waals surface area contributed by atoms with Gasteiger partial charge in [-0.2, -0.15) is 0 Å². The maximum Gasteiger partial charge on any atom is 0.122 e. The Balaban J connectivity index is 2.41. The molecule has 1 N–H and O–H groups in total. The Morgan fingerprint density at radius 1 is 1.11 bits per heavy atom. The van der Waals surface area contributed by atoms with Crippen LogP contribution >= 0.6 is 0 Å². The fraction of sp³-hybridized carbons (Fsp3) is 0.312. The Kier molecular flexibility index (Phi) is 3.86.